The first-order valence-electron chi connectivity index (χ1n) is 7.31. The Hall–Kier alpha value is -2.57. The van der Waals surface area contributed by atoms with Crippen LogP contribution in [-0.4, -0.2) is 42.3 Å². The van der Waals surface area contributed by atoms with Crippen molar-refractivity contribution in [3.05, 3.63) is 35.4 Å². The molecule has 1 aliphatic heterocycles. The Bertz CT molecular complexity index is 645. The second kappa shape index (κ2) is 6.28. The summed E-state index contributed by atoms with van der Waals surface area (Å²) in [5.74, 6) is -0.498. The topological polar surface area (TPSA) is 76.2 Å². The number of hydrogen-bond donors (Lipinski definition) is 0. The van der Waals surface area contributed by atoms with Gasteiger partial charge in [-0.1, -0.05) is 43.2 Å². The number of carbonyl (C=O) groups excluding carboxylic acids is 3. The number of nitrogens with zero attached hydrogens (tertiary/aromatic N) is 2. The van der Waals surface area contributed by atoms with Crippen molar-refractivity contribution in [2.24, 2.45) is 0 Å². The molecule has 23 heavy (non-hydrogen) atoms. The molecule has 1 aromatic rings. The minimum atomic E-state index is -1.25. The van der Waals surface area contributed by atoms with Crippen molar-refractivity contribution < 1.29 is 23.9 Å². The monoisotopic (exact) mass is 320 g/mol. The van der Waals surface area contributed by atoms with E-state index in [9.17, 15) is 14.4 Å². The normalized spacial score (nSPS) is 20.1. The van der Waals surface area contributed by atoms with Gasteiger partial charge in [0.25, 0.3) is 5.91 Å². The Morgan fingerprint density at radius 1 is 1.17 bits per heavy atom. The summed E-state index contributed by atoms with van der Waals surface area (Å²) in [4.78, 5) is 36.9. The van der Waals surface area contributed by atoms with Gasteiger partial charge in [-0.05, 0) is 18.9 Å². The number of amides is 3. The summed E-state index contributed by atoms with van der Waals surface area (Å²) in [5, 5.41) is 1.73. The fraction of sp³-hybridized carbons (Fsp3) is 0.438. The highest BCUT2D eigenvalue weighted by atomic mass is 16.6. The summed E-state index contributed by atoms with van der Waals surface area (Å²) in [5.41, 5.74) is 0.351. The Balaban J connectivity index is 2.58. The summed E-state index contributed by atoms with van der Waals surface area (Å²) < 4.78 is 9.36. The van der Waals surface area contributed by atoms with Gasteiger partial charge in [-0.15, -0.1) is 5.01 Å². The van der Waals surface area contributed by atoms with E-state index in [1.807, 2.05) is 32.0 Å². The molecular formula is C16H20N2O5. The van der Waals surface area contributed by atoms with Gasteiger partial charge in [0.05, 0.1) is 14.2 Å². The SMILES string of the molecule is CCC[C@@]1(c2cccc(C)c2)C(=O)N(C(=O)OC)N1C(=O)OC. The Kier molecular flexibility index (Phi) is 4.58. The average Bonchev–Trinajstić information content (AvgIpc) is 2.55. The first-order chi connectivity index (χ1) is 10.9. The highest BCUT2D eigenvalue weighted by Crippen LogP contribution is 2.45. The van der Waals surface area contributed by atoms with Crippen molar-refractivity contribution >= 4 is 18.1 Å². The van der Waals surface area contributed by atoms with Gasteiger partial charge in [0.15, 0.2) is 5.54 Å². The van der Waals surface area contributed by atoms with Crippen molar-refractivity contribution in [3.63, 3.8) is 0 Å². The van der Waals surface area contributed by atoms with Gasteiger partial charge in [-0.25, -0.2) is 9.59 Å². The smallest absolute Gasteiger partial charge is 0.436 e. The molecule has 0 bridgehead atoms. The summed E-state index contributed by atoms with van der Waals surface area (Å²) in [6.07, 6.45) is -0.690. The van der Waals surface area contributed by atoms with Crippen molar-refractivity contribution in [1.29, 1.82) is 0 Å². The van der Waals surface area contributed by atoms with Gasteiger partial charge in [-0.2, -0.15) is 5.01 Å². The number of imide groups is 1. The number of rotatable bonds is 3. The van der Waals surface area contributed by atoms with Crippen molar-refractivity contribution in [2.75, 3.05) is 14.2 Å². The largest absolute Gasteiger partial charge is 0.451 e. The Labute approximate surface area is 134 Å². The van der Waals surface area contributed by atoms with E-state index in [-0.39, 0.29) is 0 Å². The molecule has 124 valence electrons. The lowest BCUT2D eigenvalue weighted by Crippen LogP contribution is -2.77. The van der Waals surface area contributed by atoms with Gasteiger partial charge in [0, 0.05) is 0 Å². The van der Waals surface area contributed by atoms with Crippen LogP contribution in [0.5, 0.6) is 0 Å². The summed E-state index contributed by atoms with van der Waals surface area (Å²) in [7, 11) is 2.35. The molecule has 1 aliphatic rings. The molecular weight excluding hydrogens is 300 g/mol. The number of hydrogen-bond acceptors (Lipinski definition) is 5. The van der Waals surface area contributed by atoms with Gasteiger partial charge < -0.3 is 9.47 Å². The van der Waals surface area contributed by atoms with E-state index in [1.165, 1.54) is 7.11 Å². The maximum absolute atomic E-state index is 12.8. The molecule has 0 unspecified atom stereocenters. The van der Waals surface area contributed by atoms with E-state index in [0.29, 0.717) is 23.4 Å². The minimum Gasteiger partial charge on any atom is -0.451 e. The van der Waals surface area contributed by atoms with Crippen LogP contribution in [0.2, 0.25) is 0 Å². The lowest BCUT2D eigenvalue weighted by Gasteiger charge is -2.54. The van der Waals surface area contributed by atoms with E-state index in [0.717, 1.165) is 17.7 Å². The third kappa shape index (κ3) is 2.42. The molecule has 0 aliphatic carbocycles. The molecule has 3 amide bonds. The zero-order chi connectivity index (χ0) is 17.2. The molecule has 0 saturated carbocycles. The fourth-order valence-electron chi connectivity index (χ4n) is 2.92. The third-order valence-electron chi connectivity index (χ3n) is 3.91. The molecule has 0 radical (unpaired) electrons. The molecule has 0 aromatic heterocycles. The zero-order valence-electron chi connectivity index (χ0n) is 13.7. The van der Waals surface area contributed by atoms with Crippen molar-refractivity contribution in [2.45, 2.75) is 32.2 Å². The highest BCUT2D eigenvalue weighted by molar-refractivity contribution is 6.06. The number of aryl methyl sites for hydroxylation is 1. The number of ether oxygens (including phenoxy) is 2. The second-order valence-electron chi connectivity index (χ2n) is 5.35. The third-order valence-corrected chi connectivity index (χ3v) is 3.91. The van der Waals surface area contributed by atoms with Crippen LogP contribution in [0.25, 0.3) is 0 Å². The first-order valence-corrected chi connectivity index (χ1v) is 7.31. The van der Waals surface area contributed by atoms with Crippen LogP contribution in [0.1, 0.15) is 30.9 Å². The molecule has 7 heteroatoms. The van der Waals surface area contributed by atoms with Crippen LogP contribution in [0.3, 0.4) is 0 Å². The highest BCUT2D eigenvalue weighted by Gasteiger charge is 2.65. The van der Waals surface area contributed by atoms with Crippen LogP contribution in [0, 0.1) is 6.92 Å². The number of hydrazine groups is 1. The summed E-state index contributed by atoms with van der Waals surface area (Å²) >= 11 is 0. The predicted molar refractivity (Wildman–Crippen MR) is 81.3 cm³/mol. The second-order valence-corrected chi connectivity index (χ2v) is 5.35. The standard InChI is InChI=1S/C16H20N2O5/c1-5-9-16(12-8-6-7-11(2)10-12)13(19)17(14(20)22-3)18(16)15(21)23-4/h6-8,10H,5,9H2,1-4H3/t16-/m1/s1. The van der Waals surface area contributed by atoms with Crippen molar-refractivity contribution in [1.82, 2.24) is 10.0 Å². The van der Waals surface area contributed by atoms with E-state index >= 15 is 0 Å². The lowest BCUT2D eigenvalue weighted by atomic mass is 9.79. The van der Waals surface area contributed by atoms with Crippen LogP contribution in [0.4, 0.5) is 9.59 Å². The zero-order valence-corrected chi connectivity index (χ0v) is 13.7. The maximum atomic E-state index is 12.8. The summed E-state index contributed by atoms with van der Waals surface area (Å²) in [6.45, 7) is 3.80. The first kappa shape index (κ1) is 16.8. The molecule has 2 rings (SSSR count). The van der Waals surface area contributed by atoms with Gasteiger partial charge in [0.2, 0.25) is 0 Å². The van der Waals surface area contributed by atoms with Crippen LogP contribution >= 0.6 is 0 Å². The van der Waals surface area contributed by atoms with E-state index in [2.05, 4.69) is 4.74 Å². The van der Waals surface area contributed by atoms with Gasteiger partial charge in [0.1, 0.15) is 0 Å². The molecule has 1 heterocycles. The molecule has 1 fully saturated rings. The quantitative estimate of drug-likeness (QED) is 0.855. The molecule has 7 nitrogen and oxygen atoms in total. The van der Waals surface area contributed by atoms with E-state index < -0.39 is 23.6 Å². The number of methoxy groups -OCH3 is 2. The van der Waals surface area contributed by atoms with Crippen molar-refractivity contribution in [3.8, 4) is 0 Å². The van der Waals surface area contributed by atoms with E-state index in [4.69, 9.17) is 4.74 Å². The maximum Gasteiger partial charge on any atom is 0.436 e. The van der Waals surface area contributed by atoms with E-state index in [1.54, 1.807) is 6.07 Å². The Morgan fingerprint density at radius 3 is 2.35 bits per heavy atom. The molecule has 0 N–H and O–H groups in total. The molecule has 1 aromatic carbocycles. The lowest BCUT2D eigenvalue weighted by molar-refractivity contribution is -0.202. The van der Waals surface area contributed by atoms with Gasteiger partial charge >= 0.3 is 12.2 Å². The van der Waals surface area contributed by atoms with Crippen LogP contribution in [-0.2, 0) is 19.8 Å². The molecule has 0 spiro atoms. The minimum absolute atomic E-state index is 0.373. The summed E-state index contributed by atoms with van der Waals surface area (Å²) in [6, 6.07) is 7.31. The van der Waals surface area contributed by atoms with Crippen LogP contribution < -0.4 is 0 Å². The molecule has 1 saturated heterocycles. The van der Waals surface area contributed by atoms with Gasteiger partial charge in [-0.3, -0.25) is 4.79 Å². The fourth-order valence-corrected chi connectivity index (χ4v) is 2.92. The molecule has 1 atom stereocenters. The Morgan fingerprint density at radius 2 is 1.83 bits per heavy atom. The van der Waals surface area contributed by atoms with Crippen LogP contribution in [0.15, 0.2) is 24.3 Å². The number of carbonyl (C=O) groups is 3. The predicted octanol–water partition coefficient (Wildman–Crippen LogP) is 2.58. The average molecular weight is 320 g/mol. The number of benzene rings is 1.